The third-order valence-electron chi connectivity index (χ3n) is 4.64. The molecule has 0 aliphatic rings. The van der Waals surface area contributed by atoms with Crippen molar-refractivity contribution in [3.63, 3.8) is 0 Å². The summed E-state index contributed by atoms with van der Waals surface area (Å²) in [6.45, 7) is 2.11. The van der Waals surface area contributed by atoms with Gasteiger partial charge in [0, 0.05) is 16.8 Å². The number of hydrogen-bond acceptors (Lipinski definition) is 7. The fourth-order valence-corrected chi connectivity index (χ4v) is 4.12. The summed E-state index contributed by atoms with van der Waals surface area (Å²) in [6.07, 6.45) is 0.796. The van der Waals surface area contributed by atoms with Crippen LogP contribution in [0.4, 0.5) is 5.69 Å². The molecule has 3 aromatic rings. The number of fused-ring (bicyclic) bond motifs is 1. The van der Waals surface area contributed by atoms with E-state index in [9.17, 15) is 9.59 Å². The molecule has 8 heteroatoms. The SMILES string of the molecule is CCOC(=O)c1cc2cc(NC(=O)CCc3cc(OC)c(OC)c(OC)c3)ccc2s1. The van der Waals surface area contributed by atoms with Crippen molar-refractivity contribution < 1.29 is 28.5 Å². The van der Waals surface area contributed by atoms with Gasteiger partial charge in [0.25, 0.3) is 0 Å². The summed E-state index contributed by atoms with van der Waals surface area (Å²) < 4.78 is 22.1. The largest absolute Gasteiger partial charge is 0.493 e. The van der Waals surface area contributed by atoms with E-state index < -0.39 is 0 Å². The number of benzene rings is 2. The smallest absolute Gasteiger partial charge is 0.348 e. The fourth-order valence-electron chi connectivity index (χ4n) is 3.19. The average Bonchev–Trinajstić information content (AvgIpc) is 3.20. The zero-order valence-corrected chi connectivity index (χ0v) is 18.8. The lowest BCUT2D eigenvalue weighted by molar-refractivity contribution is -0.116. The minimum Gasteiger partial charge on any atom is -0.493 e. The lowest BCUT2D eigenvalue weighted by Gasteiger charge is -2.14. The van der Waals surface area contributed by atoms with Crippen LogP contribution in [0, 0.1) is 0 Å². The Balaban J connectivity index is 1.67. The van der Waals surface area contributed by atoms with Gasteiger partial charge in [0.1, 0.15) is 4.88 Å². The quantitative estimate of drug-likeness (QED) is 0.484. The van der Waals surface area contributed by atoms with Gasteiger partial charge in [-0.3, -0.25) is 4.79 Å². The van der Waals surface area contributed by atoms with Crippen LogP contribution in [0.3, 0.4) is 0 Å². The van der Waals surface area contributed by atoms with Gasteiger partial charge in [0.15, 0.2) is 11.5 Å². The number of ether oxygens (including phenoxy) is 4. The summed E-state index contributed by atoms with van der Waals surface area (Å²) >= 11 is 1.37. The molecule has 0 saturated heterocycles. The van der Waals surface area contributed by atoms with Crippen molar-refractivity contribution in [1.82, 2.24) is 0 Å². The van der Waals surface area contributed by atoms with Gasteiger partial charge in [-0.25, -0.2) is 4.79 Å². The molecule has 1 heterocycles. The van der Waals surface area contributed by atoms with E-state index in [1.165, 1.54) is 11.3 Å². The molecule has 0 spiro atoms. The summed E-state index contributed by atoms with van der Waals surface area (Å²) in [5.41, 5.74) is 1.58. The highest BCUT2D eigenvalue weighted by Crippen LogP contribution is 2.38. The van der Waals surface area contributed by atoms with Crippen molar-refractivity contribution >= 4 is 39.0 Å². The van der Waals surface area contributed by atoms with Crippen molar-refractivity contribution in [2.75, 3.05) is 33.3 Å². The van der Waals surface area contributed by atoms with Crippen LogP contribution in [-0.2, 0) is 16.0 Å². The van der Waals surface area contributed by atoms with Crippen molar-refractivity contribution in [2.24, 2.45) is 0 Å². The highest BCUT2D eigenvalue weighted by molar-refractivity contribution is 7.20. The number of carbonyl (C=O) groups excluding carboxylic acids is 2. The number of thiophene rings is 1. The van der Waals surface area contributed by atoms with Gasteiger partial charge in [-0.1, -0.05) is 0 Å². The van der Waals surface area contributed by atoms with Crippen molar-refractivity contribution in [1.29, 1.82) is 0 Å². The van der Waals surface area contributed by atoms with E-state index in [1.54, 1.807) is 34.3 Å². The Morgan fingerprint density at radius 3 is 2.29 bits per heavy atom. The van der Waals surface area contributed by atoms with Gasteiger partial charge in [-0.05, 0) is 60.7 Å². The predicted molar refractivity (Wildman–Crippen MR) is 121 cm³/mol. The van der Waals surface area contributed by atoms with Crippen LogP contribution in [-0.4, -0.2) is 39.8 Å². The first-order valence-electron chi connectivity index (χ1n) is 9.78. The van der Waals surface area contributed by atoms with Gasteiger partial charge < -0.3 is 24.3 Å². The summed E-state index contributed by atoms with van der Waals surface area (Å²) in [5, 5.41) is 3.79. The Labute approximate surface area is 184 Å². The molecule has 0 radical (unpaired) electrons. The number of carbonyl (C=O) groups is 2. The third kappa shape index (κ3) is 5.27. The lowest BCUT2D eigenvalue weighted by atomic mass is 10.1. The molecule has 0 aliphatic carbocycles. The number of esters is 1. The van der Waals surface area contributed by atoms with E-state index in [0.29, 0.717) is 40.8 Å². The Morgan fingerprint density at radius 2 is 1.68 bits per heavy atom. The van der Waals surface area contributed by atoms with Crippen LogP contribution in [0.1, 0.15) is 28.6 Å². The Kier molecular flexibility index (Phi) is 7.36. The van der Waals surface area contributed by atoms with Crippen LogP contribution in [0.5, 0.6) is 17.2 Å². The zero-order chi connectivity index (χ0) is 22.4. The van der Waals surface area contributed by atoms with E-state index in [4.69, 9.17) is 18.9 Å². The van der Waals surface area contributed by atoms with Crippen LogP contribution in [0.15, 0.2) is 36.4 Å². The average molecular weight is 444 g/mol. The molecule has 7 nitrogen and oxygen atoms in total. The summed E-state index contributed by atoms with van der Waals surface area (Å²) in [5.74, 6) is 1.17. The molecule has 31 heavy (non-hydrogen) atoms. The molecule has 1 N–H and O–H groups in total. The topological polar surface area (TPSA) is 83.1 Å². The molecule has 2 aromatic carbocycles. The lowest BCUT2D eigenvalue weighted by Crippen LogP contribution is -2.12. The molecular weight excluding hydrogens is 418 g/mol. The van der Waals surface area contributed by atoms with Crippen molar-refractivity contribution in [2.45, 2.75) is 19.8 Å². The van der Waals surface area contributed by atoms with Gasteiger partial charge >= 0.3 is 5.97 Å². The van der Waals surface area contributed by atoms with Crippen LogP contribution >= 0.6 is 11.3 Å². The summed E-state index contributed by atoms with van der Waals surface area (Å²) in [7, 11) is 4.66. The Bertz CT molecular complexity index is 1070. The molecule has 164 valence electrons. The summed E-state index contributed by atoms with van der Waals surface area (Å²) in [4.78, 5) is 24.9. The second-order valence-corrected chi connectivity index (χ2v) is 7.75. The van der Waals surface area contributed by atoms with E-state index in [0.717, 1.165) is 15.6 Å². The van der Waals surface area contributed by atoms with E-state index >= 15 is 0 Å². The van der Waals surface area contributed by atoms with Gasteiger partial charge in [-0.2, -0.15) is 0 Å². The molecule has 0 aliphatic heterocycles. The zero-order valence-electron chi connectivity index (χ0n) is 17.9. The number of nitrogens with one attached hydrogen (secondary N) is 1. The van der Waals surface area contributed by atoms with Gasteiger partial charge in [-0.15, -0.1) is 11.3 Å². The minimum atomic E-state index is -0.334. The molecule has 0 fully saturated rings. The number of anilines is 1. The number of methoxy groups -OCH3 is 3. The normalized spacial score (nSPS) is 10.6. The molecule has 0 atom stereocenters. The monoisotopic (exact) mass is 443 g/mol. The first kappa shape index (κ1) is 22.4. The van der Waals surface area contributed by atoms with E-state index in [-0.39, 0.29) is 18.3 Å². The standard InChI is InChI=1S/C23H25NO6S/c1-5-30-23(26)20-13-15-12-16(7-8-19(15)31-20)24-21(25)9-6-14-10-17(27-2)22(29-4)18(11-14)28-3/h7-8,10-13H,5-6,9H2,1-4H3,(H,24,25). The molecule has 0 unspecified atom stereocenters. The molecule has 1 amide bonds. The molecule has 0 bridgehead atoms. The number of aryl methyl sites for hydroxylation is 1. The second kappa shape index (κ2) is 10.2. The van der Waals surface area contributed by atoms with Crippen LogP contribution < -0.4 is 19.5 Å². The second-order valence-electron chi connectivity index (χ2n) is 6.67. The van der Waals surface area contributed by atoms with E-state index in [2.05, 4.69) is 5.32 Å². The van der Waals surface area contributed by atoms with Crippen molar-refractivity contribution in [3.8, 4) is 17.2 Å². The maximum atomic E-state index is 12.5. The Morgan fingerprint density at radius 1 is 0.968 bits per heavy atom. The maximum Gasteiger partial charge on any atom is 0.348 e. The fraction of sp³-hybridized carbons (Fsp3) is 0.304. The molecule has 3 rings (SSSR count). The third-order valence-corrected chi connectivity index (χ3v) is 5.74. The molecule has 0 saturated carbocycles. The van der Waals surface area contributed by atoms with Crippen LogP contribution in [0.2, 0.25) is 0 Å². The first-order chi connectivity index (χ1) is 15.0. The molecular formula is C23H25NO6S. The number of hydrogen-bond donors (Lipinski definition) is 1. The minimum absolute atomic E-state index is 0.117. The first-order valence-corrected chi connectivity index (χ1v) is 10.6. The highest BCUT2D eigenvalue weighted by Gasteiger charge is 2.15. The number of rotatable bonds is 9. The van der Waals surface area contributed by atoms with E-state index in [1.807, 2.05) is 30.3 Å². The van der Waals surface area contributed by atoms with Gasteiger partial charge in [0.05, 0.1) is 27.9 Å². The Hall–Kier alpha value is -3.26. The number of amides is 1. The maximum absolute atomic E-state index is 12.5. The van der Waals surface area contributed by atoms with Crippen LogP contribution in [0.25, 0.3) is 10.1 Å². The predicted octanol–water partition coefficient (Wildman–Crippen LogP) is 4.68. The summed E-state index contributed by atoms with van der Waals surface area (Å²) in [6, 6.07) is 11.0. The molecule has 1 aromatic heterocycles. The van der Waals surface area contributed by atoms with Gasteiger partial charge in [0.2, 0.25) is 11.7 Å². The highest BCUT2D eigenvalue weighted by atomic mass is 32.1. The van der Waals surface area contributed by atoms with Crippen molar-refractivity contribution in [3.05, 3.63) is 46.8 Å².